The summed E-state index contributed by atoms with van der Waals surface area (Å²) in [5, 5.41) is 2.87. The highest BCUT2D eigenvalue weighted by Gasteiger charge is 2.64. The molecule has 1 saturated carbocycles. The number of nitrogens with zero attached hydrogens (tertiary/aromatic N) is 1. The molecule has 5 heteroatoms. The summed E-state index contributed by atoms with van der Waals surface area (Å²) in [7, 11) is 0. The molecule has 2 aliphatic heterocycles. The van der Waals surface area contributed by atoms with E-state index in [4.69, 9.17) is 9.15 Å². The lowest BCUT2D eigenvalue weighted by Crippen LogP contribution is -2.32. The molecule has 1 aromatic rings. The van der Waals surface area contributed by atoms with Crippen molar-refractivity contribution in [2.45, 2.75) is 50.7 Å². The summed E-state index contributed by atoms with van der Waals surface area (Å²) in [6.07, 6.45) is 6.84. The highest BCUT2D eigenvalue weighted by Crippen LogP contribution is 2.60. The van der Waals surface area contributed by atoms with Crippen LogP contribution in [0.25, 0.3) is 0 Å². The van der Waals surface area contributed by atoms with Gasteiger partial charge in [0.25, 0.3) is 0 Å². The van der Waals surface area contributed by atoms with E-state index in [-0.39, 0.29) is 17.9 Å². The molecule has 2 saturated heterocycles. The Morgan fingerprint density at radius 2 is 2.10 bits per heavy atom. The Morgan fingerprint density at radius 1 is 1.20 bits per heavy atom. The number of ether oxygens (including phenoxy) is 1. The largest absolute Gasteiger partial charge is 0.428 e. The number of carbonyl (C=O) groups excluding carboxylic acids is 1. The van der Waals surface area contributed by atoms with Gasteiger partial charge < -0.3 is 9.15 Å². The molecule has 0 radical (unpaired) electrons. The summed E-state index contributed by atoms with van der Waals surface area (Å²) in [5.41, 5.74) is 1.03. The topological polar surface area (TPSA) is 64.4 Å². The van der Waals surface area contributed by atoms with Crippen molar-refractivity contribution in [1.29, 1.82) is 0 Å². The number of fused-ring (bicyclic) bond motifs is 6. The molecule has 1 amide bonds. The van der Waals surface area contributed by atoms with E-state index in [1.807, 2.05) is 0 Å². The van der Waals surface area contributed by atoms with E-state index in [0.717, 1.165) is 49.5 Å². The SMILES string of the molecule is O=C(Nc1nc2c(o1)CCCC2)[C@@H]1C[C@@H]2O[C@H]1[C@H]1C[C@H]12. The number of nitrogens with one attached hydrogen (secondary N) is 1. The monoisotopic (exact) mass is 274 g/mol. The number of oxazole rings is 1. The van der Waals surface area contributed by atoms with Crippen LogP contribution in [-0.4, -0.2) is 23.1 Å². The van der Waals surface area contributed by atoms with Gasteiger partial charge in [-0.25, -0.2) is 0 Å². The average molecular weight is 274 g/mol. The Morgan fingerprint density at radius 3 is 2.90 bits per heavy atom. The summed E-state index contributed by atoms with van der Waals surface area (Å²) in [5.74, 6) is 2.37. The number of aryl methyl sites for hydroxylation is 2. The van der Waals surface area contributed by atoms with Crippen molar-refractivity contribution < 1.29 is 13.9 Å². The quantitative estimate of drug-likeness (QED) is 0.894. The molecule has 20 heavy (non-hydrogen) atoms. The molecule has 3 fully saturated rings. The fourth-order valence-electron chi connectivity index (χ4n) is 4.31. The lowest BCUT2D eigenvalue weighted by molar-refractivity contribution is -0.121. The summed E-state index contributed by atoms with van der Waals surface area (Å²) < 4.78 is 11.5. The third-order valence-electron chi connectivity index (χ3n) is 5.42. The van der Waals surface area contributed by atoms with Gasteiger partial charge in [0.15, 0.2) is 0 Å². The number of amides is 1. The van der Waals surface area contributed by atoms with Crippen LogP contribution in [0.15, 0.2) is 4.42 Å². The Balaban J connectivity index is 1.32. The van der Waals surface area contributed by atoms with E-state index in [9.17, 15) is 4.79 Å². The number of carbonyl (C=O) groups is 1. The van der Waals surface area contributed by atoms with Crippen molar-refractivity contribution in [3.8, 4) is 0 Å². The first-order valence-electron chi connectivity index (χ1n) is 7.74. The predicted molar refractivity (Wildman–Crippen MR) is 70.1 cm³/mol. The highest BCUT2D eigenvalue weighted by atomic mass is 16.5. The van der Waals surface area contributed by atoms with Gasteiger partial charge in [0, 0.05) is 6.42 Å². The number of aromatic nitrogens is 1. The van der Waals surface area contributed by atoms with Crippen molar-refractivity contribution in [2.24, 2.45) is 17.8 Å². The maximum absolute atomic E-state index is 12.4. The van der Waals surface area contributed by atoms with Gasteiger partial charge in [0.05, 0.1) is 23.8 Å². The van der Waals surface area contributed by atoms with E-state index >= 15 is 0 Å². The Labute approximate surface area is 117 Å². The minimum absolute atomic E-state index is 0.00678. The van der Waals surface area contributed by atoms with Gasteiger partial charge in [0.1, 0.15) is 5.76 Å². The number of hydrogen-bond acceptors (Lipinski definition) is 4. The second-order valence-corrected chi connectivity index (χ2v) is 6.63. The molecule has 0 unspecified atom stereocenters. The second-order valence-electron chi connectivity index (χ2n) is 6.63. The van der Waals surface area contributed by atoms with Crippen molar-refractivity contribution in [3.63, 3.8) is 0 Å². The molecule has 2 bridgehead atoms. The molecule has 106 valence electrons. The zero-order chi connectivity index (χ0) is 13.3. The minimum Gasteiger partial charge on any atom is -0.428 e. The molecular weight excluding hydrogens is 256 g/mol. The normalized spacial score (nSPS) is 40.3. The third kappa shape index (κ3) is 1.53. The van der Waals surface area contributed by atoms with Crippen molar-refractivity contribution in [2.75, 3.05) is 5.32 Å². The zero-order valence-electron chi connectivity index (χ0n) is 11.3. The smallest absolute Gasteiger partial charge is 0.301 e. The first kappa shape index (κ1) is 11.3. The molecule has 4 aliphatic rings. The van der Waals surface area contributed by atoms with Crippen molar-refractivity contribution in [1.82, 2.24) is 4.98 Å². The fourth-order valence-corrected chi connectivity index (χ4v) is 4.31. The van der Waals surface area contributed by atoms with Gasteiger partial charge in [-0.15, -0.1) is 0 Å². The van der Waals surface area contributed by atoms with Gasteiger partial charge >= 0.3 is 6.01 Å². The van der Waals surface area contributed by atoms with Crippen LogP contribution in [0.1, 0.15) is 37.1 Å². The number of hydrogen-bond donors (Lipinski definition) is 1. The maximum Gasteiger partial charge on any atom is 0.301 e. The maximum atomic E-state index is 12.4. The number of rotatable bonds is 2. The summed E-state index contributed by atoms with van der Waals surface area (Å²) in [6.45, 7) is 0. The first-order valence-corrected chi connectivity index (χ1v) is 7.74. The van der Waals surface area contributed by atoms with Crippen LogP contribution < -0.4 is 5.32 Å². The molecule has 5 atom stereocenters. The highest BCUT2D eigenvalue weighted by molar-refractivity contribution is 5.91. The zero-order valence-corrected chi connectivity index (χ0v) is 11.3. The van der Waals surface area contributed by atoms with Crippen LogP contribution in [0.3, 0.4) is 0 Å². The Bertz CT molecular complexity index is 558. The van der Waals surface area contributed by atoms with Crippen molar-refractivity contribution in [3.05, 3.63) is 11.5 Å². The number of anilines is 1. The molecule has 5 nitrogen and oxygen atoms in total. The van der Waals surface area contributed by atoms with E-state index in [1.54, 1.807) is 0 Å². The third-order valence-corrected chi connectivity index (χ3v) is 5.42. The van der Waals surface area contributed by atoms with Crippen LogP contribution in [0.2, 0.25) is 0 Å². The first-order chi connectivity index (χ1) is 9.79. The Kier molecular flexibility index (Phi) is 2.18. The summed E-state index contributed by atoms with van der Waals surface area (Å²) in [4.78, 5) is 16.8. The lowest BCUT2D eigenvalue weighted by Gasteiger charge is -2.16. The molecule has 5 rings (SSSR count). The molecule has 0 spiro atoms. The minimum atomic E-state index is -0.00678. The molecule has 1 N–H and O–H groups in total. The molecule has 2 aliphatic carbocycles. The van der Waals surface area contributed by atoms with Gasteiger partial charge in [-0.1, -0.05) is 0 Å². The van der Waals surface area contributed by atoms with Crippen LogP contribution >= 0.6 is 0 Å². The van der Waals surface area contributed by atoms with Gasteiger partial charge in [-0.3, -0.25) is 10.1 Å². The summed E-state index contributed by atoms with van der Waals surface area (Å²) in [6, 6.07) is 0.386. The van der Waals surface area contributed by atoms with Gasteiger partial charge in [-0.2, -0.15) is 4.98 Å². The van der Waals surface area contributed by atoms with Crippen LogP contribution in [0.4, 0.5) is 6.01 Å². The van der Waals surface area contributed by atoms with Crippen molar-refractivity contribution >= 4 is 11.9 Å². The summed E-state index contributed by atoms with van der Waals surface area (Å²) >= 11 is 0. The second kappa shape index (κ2) is 3.85. The average Bonchev–Trinajstić information content (AvgIpc) is 2.86. The van der Waals surface area contributed by atoms with Crippen LogP contribution in [-0.2, 0) is 22.4 Å². The molecule has 0 aromatic carbocycles. The van der Waals surface area contributed by atoms with E-state index in [1.165, 1.54) is 6.42 Å². The van der Waals surface area contributed by atoms with Gasteiger partial charge in [-0.05, 0) is 43.9 Å². The molecule has 3 heterocycles. The van der Waals surface area contributed by atoms with Crippen LogP contribution in [0.5, 0.6) is 0 Å². The van der Waals surface area contributed by atoms with E-state index in [0.29, 0.717) is 18.0 Å². The van der Waals surface area contributed by atoms with E-state index in [2.05, 4.69) is 10.3 Å². The standard InChI is InChI=1S/C15H18N2O3/c18-14(9-6-12-7-5-8(7)13(9)19-12)17-15-16-10-3-1-2-4-11(10)20-15/h7-9,12-13H,1-6H2,(H,16,17,18)/t7-,8+,9-,12+,13+/m1/s1. The van der Waals surface area contributed by atoms with Crippen LogP contribution in [0, 0.1) is 17.8 Å². The van der Waals surface area contributed by atoms with E-state index < -0.39 is 0 Å². The Hall–Kier alpha value is -1.36. The molecule has 1 aromatic heterocycles. The molecular formula is C15H18N2O3. The fraction of sp³-hybridized carbons (Fsp3) is 0.733. The van der Waals surface area contributed by atoms with Gasteiger partial charge in [0.2, 0.25) is 5.91 Å². The lowest BCUT2D eigenvalue weighted by atomic mass is 9.88. The predicted octanol–water partition coefficient (Wildman–Crippen LogP) is 1.92.